The van der Waals surface area contributed by atoms with Gasteiger partial charge in [0.2, 0.25) is 0 Å². The molecular formula is C22H21F7N2O4. The molecule has 2 aromatic carbocycles. The van der Waals surface area contributed by atoms with Crippen molar-refractivity contribution >= 4 is 12.2 Å². The number of alkyl halides is 7. The third-order valence-electron chi connectivity index (χ3n) is 4.30. The topological polar surface area (TPSA) is 69.2 Å². The summed E-state index contributed by atoms with van der Waals surface area (Å²) < 4.78 is 105. The maximum absolute atomic E-state index is 13.3. The minimum absolute atomic E-state index is 0.0539. The molecule has 0 aliphatic heterocycles. The van der Waals surface area contributed by atoms with Gasteiger partial charge in [0, 0.05) is 0 Å². The first kappa shape index (κ1) is 27.7. The van der Waals surface area contributed by atoms with Gasteiger partial charge in [-0.25, -0.2) is 10.2 Å². The third kappa shape index (κ3) is 6.99. The maximum Gasteiger partial charge on any atom is 0.462 e. The number of halogens is 7. The Morgan fingerprint density at radius 2 is 1.57 bits per heavy atom. The van der Waals surface area contributed by atoms with Crippen molar-refractivity contribution in [1.82, 2.24) is 5.43 Å². The largest absolute Gasteiger partial charge is 0.490 e. The molecule has 0 saturated carbocycles. The SMILES string of the molecule is CCOC(=O)c1ccc(COc2ccc(/C=N\NC(F)(F)C(F)(F)C(F)(F)F)cc2OCC)cc1. The Bertz CT molecular complexity index is 1030. The monoisotopic (exact) mass is 510 g/mol. The number of hydrazone groups is 1. The lowest BCUT2D eigenvalue weighted by Crippen LogP contribution is -2.58. The molecule has 192 valence electrons. The van der Waals surface area contributed by atoms with E-state index >= 15 is 0 Å². The van der Waals surface area contributed by atoms with E-state index in [9.17, 15) is 35.5 Å². The summed E-state index contributed by atoms with van der Waals surface area (Å²) in [6, 6.07) is 4.70. The van der Waals surface area contributed by atoms with E-state index in [4.69, 9.17) is 14.2 Å². The Hall–Kier alpha value is -3.51. The lowest BCUT2D eigenvalue weighted by Gasteiger charge is -2.27. The molecular weight excluding hydrogens is 489 g/mol. The molecule has 0 atom stereocenters. The van der Waals surface area contributed by atoms with E-state index < -0.39 is 24.1 Å². The molecule has 1 N–H and O–H groups in total. The predicted octanol–water partition coefficient (Wildman–Crippen LogP) is 5.55. The first-order chi connectivity index (χ1) is 16.3. The van der Waals surface area contributed by atoms with E-state index in [2.05, 4.69) is 5.10 Å². The highest BCUT2D eigenvalue weighted by Crippen LogP contribution is 2.45. The van der Waals surface area contributed by atoms with Crippen molar-refractivity contribution in [2.24, 2.45) is 5.10 Å². The summed E-state index contributed by atoms with van der Waals surface area (Å²) in [6.45, 7) is 3.82. The summed E-state index contributed by atoms with van der Waals surface area (Å²) in [5, 5.41) is 2.81. The average Bonchev–Trinajstić information content (AvgIpc) is 2.78. The lowest BCUT2D eigenvalue weighted by molar-refractivity contribution is -0.361. The molecule has 0 aliphatic carbocycles. The van der Waals surface area contributed by atoms with Crippen LogP contribution in [0.2, 0.25) is 0 Å². The number of carbonyl (C=O) groups excluding carboxylic acids is 1. The Morgan fingerprint density at radius 1 is 0.914 bits per heavy atom. The number of nitrogens with one attached hydrogen (secondary N) is 1. The van der Waals surface area contributed by atoms with Crippen LogP contribution in [0.4, 0.5) is 30.7 Å². The van der Waals surface area contributed by atoms with Crippen molar-refractivity contribution < 1.29 is 49.7 Å². The molecule has 2 aromatic rings. The summed E-state index contributed by atoms with van der Waals surface area (Å²) in [5.74, 6) is -6.42. The lowest BCUT2D eigenvalue weighted by atomic mass is 10.1. The highest BCUT2D eigenvalue weighted by atomic mass is 19.4. The van der Waals surface area contributed by atoms with E-state index in [1.54, 1.807) is 38.1 Å². The van der Waals surface area contributed by atoms with Crippen LogP contribution in [0.25, 0.3) is 0 Å². The Balaban J connectivity index is 2.09. The second-order valence-corrected chi connectivity index (χ2v) is 6.86. The van der Waals surface area contributed by atoms with Crippen LogP contribution in [0.3, 0.4) is 0 Å². The zero-order chi connectivity index (χ0) is 26.3. The number of hydrogen-bond acceptors (Lipinski definition) is 6. The second-order valence-electron chi connectivity index (χ2n) is 6.86. The van der Waals surface area contributed by atoms with Gasteiger partial charge in [-0.1, -0.05) is 12.1 Å². The van der Waals surface area contributed by atoms with Gasteiger partial charge in [-0.2, -0.15) is 35.8 Å². The van der Waals surface area contributed by atoms with Gasteiger partial charge in [0.15, 0.2) is 11.5 Å². The van der Waals surface area contributed by atoms with Crippen molar-refractivity contribution in [3.05, 3.63) is 59.2 Å². The van der Waals surface area contributed by atoms with Crippen molar-refractivity contribution in [3.8, 4) is 11.5 Å². The fourth-order valence-electron chi connectivity index (χ4n) is 2.54. The van der Waals surface area contributed by atoms with Crippen molar-refractivity contribution in [2.75, 3.05) is 13.2 Å². The Kier molecular flexibility index (Phi) is 8.94. The van der Waals surface area contributed by atoms with Crippen LogP contribution in [0.5, 0.6) is 11.5 Å². The molecule has 0 fully saturated rings. The van der Waals surface area contributed by atoms with Crippen molar-refractivity contribution in [2.45, 2.75) is 38.6 Å². The van der Waals surface area contributed by atoms with Crippen LogP contribution >= 0.6 is 0 Å². The number of carbonyl (C=O) groups is 1. The quantitative estimate of drug-likeness (QED) is 0.141. The van der Waals surface area contributed by atoms with Gasteiger partial charge < -0.3 is 14.2 Å². The first-order valence-corrected chi connectivity index (χ1v) is 10.1. The molecule has 0 unspecified atom stereocenters. The Morgan fingerprint density at radius 3 is 2.14 bits per heavy atom. The van der Waals surface area contributed by atoms with E-state index in [-0.39, 0.29) is 36.9 Å². The number of hydrogen-bond donors (Lipinski definition) is 1. The molecule has 0 aromatic heterocycles. The fraction of sp³-hybridized carbons (Fsp3) is 0.364. The van der Waals surface area contributed by atoms with Crippen LogP contribution in [-0.4, -0.2) is 43.5 Å². The van der Waals surface area contributed by atoms with Gasteiger partial charge in [0.05, 0.1) is 25.0 Å². The average molecular weight is 510 g/mol. The number of rotatable bonds is 11. The van der Waals surface area contributed by atoms with Crippen LogP contribution in [0.15, 0.2) is 47.6 Å². The van der Waals surface area contributed by atoms with Gasteiger partial charge in [0.25, 0.3) is 0 Å². The van der Waals surface area contributed by atoms with Crippen molar-refractivity contribution in [1.29, 1.82) is 0 Å². The molecule has 0 amide bonds. The second kappa shape index (κ2) is 11.3. The fourth-order valence-corrected chi connectivity index (χ4v) is 2.54. The zero-order valence-electron chi connectivity index (χ0n) is 18.5. The van der Waals surface area contributed by atoms with Gasteiger partial charge in [-0.15, -0.1) is 0 Å². The molecule has 0 bridgehead atoms. The molecule has 0 aliphatic rings. The molecule has 0 spiro atoms. The summed E-state index contributed by atoms with van der Waals surface area (Å²) in [5.41, 5.74) is 1.66. The van der Waals surface area contributed by atoms with Crippen LogP contribution in [0, 0.1) is 0 Å². The van der Waals surface area contributed by atoms with Gasteiger partial charge in [0.1, 0.15) is 6.61 Å². The predicted molar refractivity (Wildman–Crippen MR) is 111 cm³/mol. The number of benzene rings is 2. The molecule has 6 nitrogen and oxygen atoms in total. The molecule has 13 heteroatoms. The minimum atomic E-state index is -6.47. The van der Waals surface area contributed by atoms with Crippen molar-refractivity contribution in [3.63, 3.8) is 0 Å². The molecule has 0 saturated heterocycles. The summed E-state index contributed by atoms with van der Waals surface area (Å²) in [7, 11) is 0. The standard InChI is InChI=1S/C22H21F7N2O4/c1-3-33-18-11-15(12-30-31-22(28,29)20(23,24)21(25,26)27)7-10-17(18)35-13-14-5-8-16(9-6-14)19(32)34-4-2/h5-12,31H,3-4,13H2,1-2H3/b30-12-. The van der Waals surface area contributed by atoms with Gasteiger partial charge in [-0.05, 0) is 55.3 Å². The summed E-state index contributed by atoms with van der Waals surface area (Å²) in [4.78, 5) is 11.7. The van der Waals surface area contributed by atoms with E-state index in [1.807, 2.05) is 0 Å². The molecule has 0 radical (unpaired) electrons. The van der Waals surface area contributed by atoms with Gasteiger partial charge >= 0.3 is 24.1 Å². The smallest absolute Gasteiger partial charge is 0.462 e. The Labute approximate surface area is 195 Å². The first-order valence-electron chi connectivity index (χ1n) is 10.1. The zero-order valence-corrected chi connectivity index (χ0v) is 18.5. The number of esters is 1. The van der Waals surface area contributed by atoms with Crippen LogP contribution in [-0.2, 0) is 11.3 Å². The molecule has 0 heterocycles. The van der Waals surface area contributed by atoms with E-state index in [0.29, 0.717) is 22.8 Å². The number of nitrogens with zero attached hydrogens (tertiary/aromatic N) is 1. The van der Waals surface area contributed by atoms with Crippen LogP contribution < -0.4 is 14.9 Å². The van der Waals surface area contributed by atoms with E-state index in [1.165, 1.54) is 18.2 Å². The molecule has 2 rings (SSSR count). The van der Waals surface area contributed by atoms with Gasteiger partial charge in [-0.3, -0.25) is 0 Å². The van der Waals surface area contributed by atoms with E-state index in [0.717, 1.165) is 0 Å². The third-order valence-corrected chi connectivity index (χ3v) is 4.30. The number of ether oxygens (including phenoxy) is 3. The van der Waals surface area contributed by atoms with Crippen LogP contribution in [0.1, 0.15) is 35.3 Å². The summed E-state index contributed by atoms with van der Waals surface area (Å²) in [6.07, 6.45) is -5.85. The minimum Gasteiger partial charge on any atom is -0.490 e. The molecule has 35 heavy (non-hydrogen) atoms. The highest BCUT2D eigenvalue weighted by molar-refractivity contribution is 5.89. The summed E-state index contributed by atoms with van der Waals surface area (Å²) >= 11 is 0. The maximum atomic E-state index is 13.3. The highest BCUT2D eigenvalue weighted by Gasteiger charge is 2.73. The normalized spacial score (nSPS) is 12.5.